The van der Waals surface area contributed by atoms with Crippen LogP contribution in [0.1, 0.15) is 4.88 Å². The summed E-state index contributed by atoms with van der Waals surface area (Å²) in [5.74, 6) is 1.67. The molecule has 0 fully saturated rings. The molecule has 5 nitrogen and oxygen atoms in total. The van der Waals surface area contributed by atoms with E-state index in [9.17, 15) is 0 Å². The minimum atomic E-state index is 0.555. The Morgan fingerprint density at radius 1 is 1.04 bits per heavy atom. The minimum absolute atomic E-state index is 0.555. The predicted molar refractivity (Wildman–Crippen MR) is 101 cm³/mol. The maximum atomic E-state index is 5.80. The van der Waals surface area contributed by atoms with E-state index < -0.39 is 0 Å². The Bertz CT molecular complexity index is 1090. The lowest BCUT2D eigenvalue weighted by atomic mass is 10.1. The SMILES string of the molecule is COc1cccc2sc(Nc3nc4c(s3)COc3ccccc3-4)nc12. The van der Waals surface area contributed by atoms with Crippen LogP contribution < -0.4 is 14.8 Å². The summed E-state index contributed by atoms with van der Waals surface area (Å²) in [5.41, 5.74) is 2.90. The molecule has 0 radical (unpaired) electrons. The molecule has 3 heterocycles. The molecule has 124 valence electrons. The van der Waals surface area contributed by atoms with E-state index in [0.29, 0.717) is 6.61 Å². The van der Waals surface area contributed by atoms with Crippen molar-refractivity contribution in [2.24, 2.45) is 0 Å². The van der Waals surface area contributed by atoms with Crippen LogP contribution >= 0.6 is 22.7 Å². The third-order valence-corrected chi connectivity index (χ3v) is 5.89. The minimum Gasteiger partial charge on any atom is -0.494 e. The van der Waals surface area contributed by atoms with Crippen LogP contribution in [0.4, 0.5) is 10.3 Å². The van der Waals surface area contributed by atoms with Crippen molar-refractivity contribution in [3.8, 4) is 22.8 Å². The van der Waals surface area contributed by atoms with Crippen molar-refractivity contribution in [2.75, 3.05) is 12.4 Å². The first-order chi connectivity index (χ1) is 12.3. The third-order valence-electron chi connectivity index (χ3n) is 4.01. The van der Waals surface area contributed by atoms with E-state index in [1.54, 1.807) is 29.8 Å². The van der Waals surface area contributed by atoms with Crippen LogP contribution in [-0.2, 0) is 6.61 Å². The van der Waals surface area contributed by atoms with E-state index in [-0.39, 0.29) is 0 Å². The third kappa shape index (κ3) is 2.43. The van der Waals surface area contributed by atoms with E-state index in [0.717, 1.165) is 48.1 Å². The molecule has 0 atom stereocenters. The quantitative estimate of drug-likeness (QED) is 0.548. The van der Waals surface area contributed by atoms with Crippen LogP contribution in [0.3, 0.4) is 0 Å². The number of rotatable bonds is 3. The van der Waals surface area contributed by atoms with E-state index >= 15 is 0 Å². The number of nitrogens with zero attached hydrogens (tertiary/aromatic N) is 2. The van der Waals surface area contributed by atoms with Gasteiger partial charge in [-0.2, -0.15) is 0 Å². The van der Waals surface area contributed by atoms with Gasteiger partial charge in [-0.15, -0.1) is 0 Å². The molecule has 25 heavy (non-hydrogen) atoms. The molecular weight excluding hydrogens is 354 g/mol. The highest BCUT2D eigenvalue weighted by Crippen LogP contribution is 2.42. The number of benzene rings is 2. The monoisotopic (exact) mass is 367 g/mol. The maximum absolute atomic E-state index is 5.80. The number of para-hydroxylation sites is 2. The molecule has 1 N–H and O–H groups in total. The lowest BCUT2D eigenvalue weighted by molar-refractivity contribution is 0.305. The summed E-state index contributed by atoms with van der Waals surface area (Å²) < 4.78 is 12.3. The smallest absolute Gasteiger partial charge is 0.190 e. The van der Waals surface area contributed by atoms with Gasteiger partial charge in [0.15, 0.2) is 10.3 Å². The topological polar surface area (TPSA) is 56.3 Å². The molecule has 0 aliphatic carbocycles. The lowest BCUT2D eigenvalue weighted by Crippen LogP contribution is -2.02. The van der Waals surface area contributed by atoms with E-state index in [1.807, 2.05) is 42.5 Å². The summed E-state index contributed by atoms with van der Waals surface area (Å²) in [6, 6.07) is 13.9. The van der Waals surface area contributed by atoms with Crippen LogP contribution in [-0.4, -0.2) is 17.1 Å². The van der Waals surface area contributed by atoms with Gasteiger partial charge in [-0.05, 0) is 24.3 Å². The zero-order chi connectivity index (χ0) is 16.8. The van der Waals surface area contributed by atoms with Crippen molar-refractivity contribution in [3.63, 3.8) is 0 Å². The number of hydrogen-bond acceptors (Lipinski definition) is 7. The van der Waals surface area contributed by atoms with Gasteiger partial charge < -0.3 is 14.8 Å². The Kier molecular flexibility index (Phi) is 3.36. The van der Waals surface area contributed by atoms with E-state index in [2.05, 4.69) is 10.3 Å². The van der Waals surface area contributed by atoms with Crippen molar-refractivity contribution in [2.45, 2.75) is 6.61 Å². The first-order valence-electron chi connectivity index (χ1n) is 7.74. The van der Waals surface area contributed by atoms with E-state index in [4.69, 9.17) is 14.5 Å². The molecule has 0 unspecified atom stereocenters. The van der Waals surface area contributed by atoms with Gasteiger partial charge in [0.05, 0.1) is 22.4 Å². The molecule has 1 aliphatic heterocycles. The summed E-state index contributed by atoms with van der Waals surface area (Å²) in [5, 5.41) is 4.96. The summed E-state index contributed by atoms with van der Waals surface area (Å²) in [4.78, 5) is 10.5. The highest BCUT2D eigenvalue weighted by atomic mass is 32.1. The van der Waals surface area contributed by atoms with Gasteiger partial charge in [-0.25, -0.2) is 9.97 Å². The molecule has 0 amide bonds. The Hall–Kier alpha value is -2.64. The Morgan fingerprint density at radius 3 is 2.84 bits per heavy atom. The molecule has 2 aromatic carbocycles. The zero-order valence-corrected chi connectivity index (χ0v) is 14.9. The molecule has 0 spiro atoms. The predicted octanol–water partition coefficient (Wildman–Crippen LogP) is 5.06. The molecule has 1 aliphatic rings. The highest BCUT2D eigenvalue weighted by molar-refractivity contribution is 7.22. The highest BCUT2D eigenvalue weighted by Gasteiger charge is 2.22. The number of fused-ring (bicyclic) bond motifs is 4. The van der Waals surface area contributed by atoms with Crippen molar-refractivity contribution in [1.82, 2.24) is 9.97 Å². The molecule has 2 aromatic heterocycles. The standard InChI is InChI=1S/C18H13N3O2S2/c1-22-12-7-4-8-13-16(12)20-18(24-13)21-17-19-15-10-5-2-3-6-11(10)23-9-14(15)25-17/h2-8H,9H2,1H3,(H,19,20,21). The zero-order valence-electron chi connectivity index (χ0n) is 13.3. The second-order valence-electron chi connectivity index (χ2n) is 5.53. The second-order valence-corrected chi connectivity index (χ2v) is 7.64. The summed E-state index contributed by atoms with van der Waals surface area (Å²) >= 11 is 3.19. The van der Waals surface area contributed by atoms with Crippen LogP contribution in [0.25, 0.3) is 21.5 Å². The van der Waals surface area contributed by atoms with E-state index in [1.165, 1.54) is 0 Å². The number of nitrogens with one attached hydrogen (secondary N) is 1. The van der Waals surface area contributed by atoms with Gasteiger partial charge in [-0.3, -0.25) is 0 Å². The van der Waals surface area contributed by atoms with Crippen LogP contribution in [0.5, 0.6) is 11.5 Å². The molecular formula is C18H13N3O2S2. The van der Waals surface area contributed by atoms with Crippen LogP contribution in [0, 0.1) is 0 Å². The summed E-state index contributed by atoms with van der Waals surface area (Å²) in [7, 11) is 1.66. The van der Waals surface area contributed by atoms with Crippen LogP contribution in [0.2, 0.25) is 0 Å². The molecule has 4 aromatic rings. The lowest BCUT2D eigenvalue weighted by Gasteiger charge is -2.15. The number of aromatic nitrogens is 2. The van der Waals surface area contributed by atoms with Crippen LogP contribution in [0.15, 0.2) is 42.5 Å². The number of thiazole rings is 2. The van der Waals surface area contributed by atoms with Crippen molar-refractivity contribution in [1.29, 1.82) is 0 Å². The fourth-order valence-electron chi connectivity index (χ4n) is 2.88. The summed E-state index contributed by atoms with van der Waals surface area (Å²) in [6.45, 7) is 0.555. The second kappa shape index (κ2) is 5.72. The normalized spacial score (nSPS) is 12.4. The van der Waals surface area contributed by atoms with Gasteiger partial charge in [-0.1, -0.05) is 40.9 Å². The fraction of sp³-hybridized carbons (Fsp3) is 0.111. The number of methoxy groups -OCH3 is 1. The maximum Gasteiger partial charge on any atom is 0.190 e. The summed E-state index contributed by atoms with van der Waals surface area (Å²) in [6.07, 6.45) is 0. The molecule has 0 saturated heterocycles. The molecule has 0 bridgehead atoms. The average molecular weight is 367 g/mol. The first-order valence-corrected chi connectivity index (χ1v) is 9.37. The van der Waals surface area contributed by atoms with Gasteiger partial charge in [0.1, 0.15) is 23.6 Å². The largest absolute Gasteiger partial charge is 0.494 e. The average Bonchev–Trinajstić information content (AvgIpc) is 3.24. The molecule has 7 heteroatoms. The number of ether oxygens (including phenoxy) is 2. The fourth-order valence-corrected chi connectivity index (χ4v) is 4.71. The first kappa shape index (κ1) is 14.7. The van der Waals surface area contributed by atoms with Gasteiger partial charge >= 0.3 is 0 Å². The molecule has 5 rings (SSSR count). The van der Waals surface area contributed by atoms with Crippen molar-refractivity contribution < 1.29 is 9.47 Å². The number of anilines is 2. The van der Waals surface area contributed by atoms with Gasteiger partial charge in [0, 0.05) is 5.56 Å². The number of hydrogen-bond donors (Lipinski definition) is 1. The Balaban J connectivity index is 1.51. The van der Waals surface area contributed by atoms with Gasteiger partial charge in [0.2, 0.25) is 0 Å². The Morgan fingerprint density at radius 2 is 1.92 bits per heavy atom. The molecule has 0 saturated carbocycles. The Labute approximate surface area is 151 Å². The van der Waals surface area contributed by atoms with Gasteiger partial charge in [0.25, 0.3) is 0 Å². The van der Waals surface area contributed by atoms with Crippen molar-refractivity contribution >= 4 is 43.2 Å². The van der Waals surface area contributed by atoms with Crippen molar-refractivity contribution in [3.05, 3.63) is 47.3 Å².